The van der Waals surface area contributed by atoms with Gasteiger partial charge in [0, 0.05) is 0 Å². The summed E-state index contributed by atoms with van der Waals surface area (Å²) in [7, 11) is 0. The molecule has 4 nitrogen and oxygen atoms in total. The van der Waals surface area contributed by atoms with Crippen molar-refractivity contribution in [3.63, 3.8) is 0 Å². The van der Waals surface area contributed by atoms with E-state index in [1.165, 1.54) is 16.7 Å². The van der Waals surface area contributed by atoms with Crippen LogP contribution in [0.4, 0.5) is 0 Å². The maximum absolute atomic E-state index is 10.9. The number of nitrogens with one attached hydrogen (secondary N) is 1. The number of ether oxygens (including phenoxy) is 1. The molecule has 0 aromatic heterocycles. The number of carbonyl (C=O) groups is 1. The van der Waals surface area contributed by atoms with Crippen LogP contribution in [0.5, 0.6) is 0 Å². The van der Waals surface area contributed by atoms with Gasteiger partial charge in [-0.3, -0.25) is 10.2 Å². The second-order valence-corrected chi connectivity index (χ2v) is 3.94. The van der Waals surface area contributed by atoms with E-state index < -0.39 is 0 Å². The summed E-state index contributed by atoms with van der Waals surface area (Å²) in [5.41, 5.74) is 6.77. The van der Waals surface area contributed by atoms with Crippen molar-refractivity contribution in [1.82, 2.24) is 5.43 Å². The molecule has 16 heavy (non-hydrogen) atoms. The van der Waals surface area contributed by atoms with E-state index in [4.69, 9.17) is 10.6 Å². The molecule has 1 amide bonds. The molecule has 0 fully saturated rings. The van der Waals surface area contributed by atoms with Gasteiger partial charge in [0.15, 0.2) is 0 Å². The van der Waals surface area contributed by atoms with E-state index in [0.717, 1.165) is 5.56 Å². The minimum absolute atomic E-state index is 0.0107. The molecule has 88 valence electrons. The highest BCUT2D eigenvalue weighted by Crippen LogP contribution is 2.17. The van der Waals surface area contributed by atoms with Gasteiger partial charge in [-0.05, 0) is 37.5 Å². The molecule has 0 aliphatic carbocycles. The normalized spacial score (nSPS) is 10.2. The maximum Gasteiger partial charge on any atom is 0.259 e. The molecule has 0 saturated heterocycles. The average Bonchev–Trinajstić information content (AvgIpc) is 2.21. The van der Waals surface area contributed by atoms with Crippen LogP contribution in [0.15, 0.2) is 12.1 Å². The Morgan fingerprint density at radius 2 is 1.88 bits per heavy atom. The first-order valence-corrected chi connectivity index (χ1v) is 5.18. The quantitative estimate of drug-likeness (QED) is 0.456. The summed E-state index contributed by atoms with van der Waals surface area (Å²) in [5, 5.41) is 0. The molecule has 1 rings (SSSR count). The van der Waals surface area contributed by atoms with E-state index >= 15 is 0 Å². The standard InChI is InChI=1S/C12H18N2O2/c1-8-4-9(2)11(10(3)5-8)6-16-7-12(15)14-13/h4-5H,6-7,13H2,1-3H3,(H,14,15). The van der Waals surface area contributed by atoms with Gasteiger partial charge < -0.3 is 4.74 Å². The van der Waals surface area contributed by atoms with Crippen LogP contribution in [0.25, 0.3) is 0 Å². The third-order valence-electron chi connectivity index (χ3n) is 2.48. The Hall–Kier alpha value is -1.39. The maximum atomic E-state index is 10.9. The van der Waals surface area contributed by atoms with Crippen LogP contribution in [0.1, 0.15) is 22.3 Å². The molecule has 0 aliphatic heterocycles. The van der Waals surface area contributed by atoms with Gasteiger partial charge in [-0.1, -0.05) is 17.7 Å². The summed E-state index contributed by atoms with van der Waals surface area (Å²) in [6, 6.07) is 4.21. The average molecular weight is 222 g/mol. The number of hydrogen-bond acceptors (Lipinski definition) is 3. The zero-order valence-corrected chi connectivity index (χ0v) is 9.96. The number of nitrogens with two attached hydrogens (primary N) is 1. The van der Waals surface area contributed by atoms with E-state index in [1.54, 1.807) is 0 Å². The Bertz CT molecular complexity index is 366. The van der Waals surface area contributed by atoms with Crippen molar-refractivity contribution in [2.45, 2.75) is 27.4 Å². The van der Waals surface area contributed by atoms with Crippen molar-refractivity contribution in [2.24, 2.45) is 5.84 Å². The topological polar surface area (TPSA) is 64.3 Å². The summed E-state index contributed by atoms with van der Waals surface area (Å²) >= 11 is 0. The minimum Gasteiger partial charge on any atom is -0.367 e. The van der Waals surface area contributed by atoms with Crippen LogP contribution < -0.4 is 11.3 Å². The molecule has 1 aromatic carbocycles. The van der Waals surface area contributed by atoms with E-state index in [1.807, 2.05) is 19.3 Å². The summed E-state index contributed by atoms with van der Waals surface area (Å²) in [6.07, 6.45) is 0. The predicted octanol–water partition coefficient (Wildman–Crippen LogP) is 1.12. The fraction of sp³-hybridized carbons (Fsp3) is 0.417. The summed E-state index contributed by atoms with van der Waals surface area (Å²) in [4.78, 5) is 10.9. The van der Waals surface area contributed by atoms with E-state index in [-0.39, 0.29) is 12.5 Å². The monoisotopic (exact) mass is 222 g/mol. The molecule has 0 radical (unpaired) electrons. The van der Waals surface area contributed by atoms with Crippen molar-refractivity contribution >= 4 is 5.91 Å². The number of aryl methyl sites for hydroxylation is 3. The Kier molecular flexibility index (Phi) is 4.46. The second-order valence-electron chi connectivity index (χ2n) is 3.94. The van der Waals surface area contributed by atoms with Gasteiger partial charge in [0.05, 0.1) is 6.61 Å². The highest BCUT2D eigenvalue weighted by Gasteiger charge is 2.05. The van der Waals surface area contributed by atoms with Crippen LogP contribution in [0.2, 0.25) is 0 Å². The van der Waals surface area contributed by atoms with Crippen molar-refractivity contribution in [2.75, 3.05) is 6.61 Å². The Morgan fingerprint density at radius 3 is 2.38 bits per heavy atom. The lowest BCUT2D eigenvalue weighted by Crippen LogP contribution is -2.33. The molecule has 0 saturated carbocycles. The number of benzene rings is 1. The smallest absolute Gasteiger partial charge is 0.259 e. The molecule has 0 aliphatic rings. The lowest BCUT2D eigenvalue weighted by Gasteiger charge is -2.11. The summed E-state index contributed by atoms with van der Waals surface area (Å²) < 4.78 is 5.28. The fourth-order valence-electron chi connectivity index (χ4n) is 1.73. The van der Waals surface area contributed by atoms with Gasteiger partial charge in [-0.15, -0.1) is 0 Å². The summed E-state index contributed by atoms with van der Waals surface area (Å²) in [6.45, 7) is 6.57. The highest BCUT2D eigenvalue weighted by atomic mass is 16.5. The molecule has 0 heterocycles. The van der Waals surface area contributed by atoms with Crippen LogP contribution in [0, 0.1) is 20.8 Å². The van der Waals surface area contributed by atoms with Gasteiger partial charge in [0.1, 0.15) is 6.61 Å². The first-order chi connectivity index (χ1) is 7.54. The number of amides is 1. The molecular weight excluding hydrogens is 204 g/mol. The molecular formula is C12H18N2O2. The van der Waals surface area contributed by atoms with Crippen molar-refractivity contribution < 1.29 is 9.53 Å². The predicted molar refractivity (Wildman–Crippen MR) is 62.6 cm³/mol. The van der Waals surface area contributed by atoms with E-state index in [9.17, 15) is 4.79 Å². The molecule has 0 bridgehead atoms. The number of hydrogen-bond donors (Lipinski definition) is 2. The molecule has 4 heteroatoms. The van der Waals surface area contributed by atoms with Crippen LogP contribution in [0.3, 0.4) is 0 Å². The third kappa shape index (κ3) is 3.32. The minimum atomic E-state index is -0.317. The Labute approximate surface area is 95.8 Å². The lowest BCUT2D eigenvalue weighted by molar-refractivity contribution is -0.126. The Balaban J connectivity index is 2.64. The SMILES string of the molecule is Cc1cc(C)c(COCC(=O)NN)c(C)c1. The van der Waals surface area contributed by atoms with Crippen molar-refractivity contribution in [1.29, 1.82) is 0 Å². The van der Waals surface area contributed by atoms with Gasteiger partial charge >= 0.3 is 0 Å². The number of rotatable bonds is 4. The zero-order chi connectivity index (χ0) is 12.1. The highest BCUT2D eigenvalue weighted by molar-refractivity contribution is 5.76. The zero-order valence-electron chi connectivity index (χ0n) is 9.96. The van der Waals surface area contributed by atoms with Crippen LogP contribution in [-0.4, -0.2) is 12.5 Å². The largest absolute Gasteiger partial charge is 0.367 e. The van der Waals surface area contributed by atoms with Crippen molar-refractivity contribution in [3.05, 3.63) is 34.4 Å². The van der Waals surface area contributed by atoms with Gasteiger partial charge in [-0.25, -0.2) is 5.84 Å². The van der Waals surface area contributed by atoms with Gasteiger partial charge in [0.2, 0.25) is 0 Å². The first-order valence-electron chi connectivity index (χ1n) is 5.18. The molecule has 3 N–H and O–H groups in total. The third-order valence-corrected chi connectivity index (χ3v) is 2.48. The lowest BCUT2D eigenvalue weighted by atomic mass is 10.0. The summed E-state index contributed by atoms with van der Waals surface area (Å²) in [5.74, 6) is 4.63. The van der Waals surface area contributed by atoms with E-state index in [0.29, 0.717) is 6.61 Å². The first kappa shape index (κ1) is 12.7. The van der Waals surface area contributed by atoms with Crippen LogP contribution >= 0.6 is 0 Å². The van der Waals surface area contributed by atoms with Crippen molar-refractivity contribution in [3.8, 4) is 0 Å². The fourth-order valence-corrected chi connectivity index (χ4v) is 1.73. The number of hydrazine groups is 1. The molecule has 0 unspecified atom stereocenters. The van der Waals surface area contributed by atoms with Gasteiger partial charge in [0.25, 0.3) is 5.91 Å². The molecule has 0 spiro atoms. The molecule has 0 atom stereocenters. The van der Waals surface area contributed by atoms with Gasteiger partial charge in [-0.2, -0.15) is 0 Å². The molecule has 1 aromatic rings. The number of carbonyl (C=O) groups excluding carboxylic acids is 1. The van der Waals surface area contributed by atoms with Crippen LogP contribution in [-0.2, 0) is 16.1 Å². The Morgan fingerprint density at radius 1 is 1.31 bits per heavy atom. The second kappa shape index (κ2) is 5.63. The van der Waals surface area contributed by atoms with E-state index in [2.05, 4.69) is 19.1 Å².